The summed E-state index contributed by atoms with van der Waals surface area (Å²) in [4.78, 5) is 0. The Balaban J connectivity index is 2.08. The van der Waals surface area contributed by atoms with E-state index in [1.165, 1.54) is 0 Å². The molecule has 0 radical (unpaired) electrons. The fourth-order valence-electron chi connectivity index (χ4n) is 1.62. The molecule has 2 rings (SSSR count). The summed E-state index contributed by atoms with van der Waals surface area (Å²) in [6.45, 7) is 6.86. The monoisotopic (exact) mass is 233 g/mol. The maximum absolute atomic E-state index is 5.79. The van der Waals surface area contributed by atoms with Gasteiger partial charge < -0.3 is 5.73 Å². The van der Waals surface area contributed by atoms with E-state index >= 15 is 0 Å². The number of hydrogen-bond acceptors (Lipinski definition) is 3. The number of nitrogens with two attached hydrogens (primary N) is 1. The van der Waals surface area contributed by atoms with E-state index in [-0.39, 0.29) is 6.04 Å². The van der Waals surface area contributed by atoms with Crippen LogP contribution in [0.15, 0.2) is 24.7 Å². The summed E-state index contributed by atoms with van der Waals surface area (Å²) < 4.78 is 3.82. The van der Waals surface area contributed by atoms with Crippen molar-refractivity contribution in [2.24, 2.45) is 5.73 Å². The minimum absolute atomic E-state index is 0.0250. The second-order valence-corrected chi connectivity index (χ2v) is 4.64. The molecule has 2 aromatic heterocycles. The highest BCUT2D eigenvalue weighted by Gasteiger charge is 2.06. The fourth-order valence-corrected chi connectivity index (χ4v) is 1.62. The summed E-state index contributed by atoms with van der Waals surface area (Å²) in [6, 6.07) is 2.44. The summed E-state index contributed by atoms with van der Waals surface area (Å²) >= 11 is 0. The maximum Gasteiger partial charge on any atom is 0.0849 e. The van der Waals surface area contributed by atoms with Gasteiger partial charge in [-0.15, -0.1) is 0 Å². The molecular formula is C12H19N5. The maximum atomic E-state index is 5.79. The lowest BCUT2D eigenvalue weighted by molar-refractivity contribution is 0.520. The van der Waals surface area contributed by atoms with Crippen LogP contribution in [-0.4, -0.2) is 19.6 Å². The van der Waals surface area contributed by atoms with Crippen molar-refractivity contribution in [1.82, 2.24) is 19.6 Å². The Labute approximate surface area is 101 Å². The molecular weight excluding hydrogens is 214 g/mol. The van der Waals surface area contributed by atoms with Crippen molar-refractivity contribution in [1.29, 1.82) is 0 Å². The van der Waals surface area contributed by atoms with Gasteiger partial charge in [-0.3, -0.25) is 9.36 Å². The van der Waals surface area contributed by atoms with E-state index in [1.54, 1.807) is 0 Å². The molecule has 5 heteroatoms. The molecule has 1 unspecified atom stereocenters. The predicted octanol–water partition coefficient (Wildman–Crippen LogP) is 1.73. The van der Waals surface area contributed by atoms with Gasteiger partial charge in [-0.25, -0.2) is 0 Å². The predicted molar refractivity (Wildman–Crippen MR) is 66.5 cm³/mol. The first-order chi connectivity index (χ1) is 8.06. The molecule has 0 spiro atoms. The standard InChI is InChI=1S/C12H19N5/c1-9(2)17-5-4-12(15-17)8-16-7-11(6-14-16)10(3)13/h4-7,9-10H,8,13H2,1-3H3. The van der Waals surface area contributed by atoms with Gasteiger partial charge in [0.2, 0.25) is 0 Å². The van der Waals surface area contributed by atoms with Crippen LogP contribution < -0.4 is 5.73 Å². The van der Waals surface area contributed by atoms with E-state index in [0.29, 0.717) is 12.6 Å². The molecule has 0 aliphatic carbocycles. The Morgan fingerprint density at radius 2 is 2.12 bits per heavy atom. The molecule has 2 aromatic rings. The number of nitrogens with zero attached hydrogens (tertiary/aromatic N) is 4. The van der Waals surface area contributed by atoms with E-state index in [2.05, 4.69) is 24.0 Å². The summed E-state index contributed by atoms with van der Waals surface area (Å²) in [5.74, 6) is 0. The van der Waals surface area contributed by atoms with E-state index in [0.717, 1.165) is 11.3 Å². The molecule has 17 heavy (non-hydrogen) atoms. The zero-order valence-corrected chi connectivity index (χ0v) is 10.5. The van der Waals surface area contributed by atoms with Crippen LogP contribution in [0.3, 0.4) is 0 Å². The van der Waals surface area contributed by atoms with Crippen molar-refractivity contribution >= 4 is 0 Å². The molecule has 0 bridgehead atoms. The van der Waals surface area contributed by atoms with Crippen LogP contribution in [0.5, 0.6) is 0 Å². The van der Waals surface area contributed by atoms with Crippen molar-refractivity contribution in [3.8, 4) is 0 Å². The van der Waals surface area contributed by atoms with E-state index in [9.17, 15) is 0 Å². The largest absolute Gasteiger partial charge is 0.324 e. The molecule has 0 saturated carbocycles. The minimum Gasteiger partial charge on any atom is -0.324 e. The molecule has 2 N–H and O–H groups in total. The van der Waals surface area contributed by atoms with E-state index in [1.807, 2.05) is 40.9 Å². The summed E-state index contributed by atoms with van der Waals surface area (Å²) in [7, 11) is 0. The lowest BCUT2D eigenvalue weighted by Gasteiger charge is -2.04. The van der Waals surface area contributed by atoms with Gasteiger partial charge in [0, 0.05) is 30.0 Å². The van der Waals surface area contributed by atoms with Crippen LogP contribution >= 0.6 is 0 Å². The van der Waals surface area contributed by atoms with Crippen LogP contribution in [-0.2, 0) is 6.54 Å². The molecule has 0 saturated heterocycles. The molecule has 0 aliphatic rings. The molecule has 0 aliphatic heterocycles. The Kier molecular flexibility index (Phi) is 3.28. The Hall–Kier alpha value is -1.62. The molecule has 92 valence electrons. The first-order valence-electron chi connectivity index (χ1n) is 5.88. The topological polar surface area (TPSA) is 61.7 Å². The first-order valence-corrected chi connectivity index (χ1v) is 5.88. The van der Waals surface area contributed by atoms with Crippen LogP contribution in [0.1, 0.15) is 44.1 Å². The quantitative estimate of drug-likeness (QED) is 0.874. The third-order valence-electron chi connectivity index (χ3n) is 2.70. The van der Waals surface area contributed by atoms with Gasteiger partial charge in [0.1, 0.15) is 0 Å². The minimum atomic E-state index is 0.0250. The van der Waals surface area contributed by atoms with Crippen molar-refractivity contribution in [3.63, 3.8) is 0 Å². The fraction of sp³-hybridized carbons (Fsp3) is 0.500. The van der Waals surface area contributed by atoms with Gasteiger partial charge in [-0.1, -0.05) is 0 Å². The molecule has 0 aromatic carbocycles. The molecule has 0 fully saturated rings. The van der Waals surface area contributed by atoms with Gasteiger partial charge in [0.15, 0.2) is 0 Å². The van der Waals surface area contributed by atoms with Crippen molar-refractivity contribution < 1.29 is 0 Å². The highest BCUT2D eigenvalue weighted by atomic mass is 15.3. The Bertz CT molecular complexity index is 436. The van der Waals surface area contributed by atoms with Gasteiger partial charge >= 0.3 is 0 Å². The van der Waals surface area contributed by atoms with Crippen molar-refractivity contribution in [2.75, 3.05) is 0 Å². The third-order valence-corrected chi connectivity index (χ3v) is 2.70. The smallest absolute Gasteiger partial charge is 0.0849 e. The number of hydrogen-bond donors (Lipinski definition) is 1. The lowest BCUT2D eigenvalue weighted by Crippen LogP contribution is -2.06. The highest BCUT2D eigenvalue weighted by Crippen LogP contribution is 2.09. The lowest BCUT2D eigenvalue weighted by atomic mass is 10.2. The van der Waals surface area contributed by atoms with Crippen molar-refractivity contribution in [2.45, 2.75) is 39.4 Å². The molecule has 5 nitrogen and oxygen atoms in total. The third kappa shape index (κ3) is 2.74. The van der Waals surface area contributed by atoms with Gasteiger partial charge in [0.25, 0.3) is 0 Å². The van der Waals surface area contributed by atoms with Gasteiger partial charge in [0.05, 0.1) is 18.4 Å². The summed E-state index contributed by atoms with van der Waals surface area (Å²) in [5, 5.41) is 8.76. The Morgan fingerprint density at radius 1 is 1.35 bits per heavy atom. The van der Waals surface area contributed by atoms with Crippen LogP contribution in [0.2, 0.25) is 0 Å². The molecule has 2 heterocycles. The molecule has 0 amide bonds. The second kappa shape index (κ2) is 4.71. The SMILES string of the molecule is CC(N)c1cnn(Cc2ccn(C(C)C)n2)c1. The summed E-state index contributed by atoms with van der Waals surface area (Å²) in [6.07, 6.45) is 5.78. The van der Waals surface area contributed by atoms with Crippen LogP contribution in [0.25, 0.3) is 0 Å². The first kappa shape index (κ1) is 11.9. The zero-order chi connectivity index (χ0) is 12.4. The normalized spacial score (nSPS) is 13.2. The highest BCUT2D eigenvalue weighted by molar-refractivity contribution is 5.09. The molecule has 1 atom stereocenters. The second-order valence-electron chi connectivity index (χ2n) is 4.64. The van der Waals surface area contributed by atoms with Crippen LogP contribution in [0, 0.1) is 0 Å². The Morgan fingerprint density at radius 3 is 2.65 bits per heavy atom. The number of rotatable bonds is 4. The van der Waals surface area contributed by atoms with Gasteiger partial charge in [-0.2, -0.15) is 10.2 Å². The van der Waals surface area contributed by atoms with Crippen molar-refractivity contribution in [3.05, 3.63) is 35.9 Å². The van der Waals surface area contributed by atoms with Gasteiger partial charge in [-0.05, 0) is 26.8 Å². The summed E-state index contributed by atoms with van der Waals surface area (Å²) in [5.41, 5.74) is 7.85. The zero-order valence-electron chi connectivity index (χ0n) is 10.5. The van der Waals surface area contributed by atoms with Crippen LogP contribution in [0.4, 0.5) is 0 Å². The van der Waals surface area contributed by atoms with E-state index < -0.39 is 0 Å². The average molecular weight is 233 g/mol. The number of aromatic nitrogens is 4. The average Bonchev–Trinajstić information content (AvgIpc) is 2.87. The van der Waals surface area contributed by atoms with E-state index in [4.69, 9.17) is 5.73 Å².